The number of aromatic nitrogens is 1. The fourth-order valence-electron chi connectivity index (χ4n) is 1.54. The quantitative estimate of drug-likeness (QED) is 0.763. The van der Waals surface area contributed by atoms with Crippen LogP contribution in [0.4, 0.5) is 0 Å². The molecule has 0 fully saturated rings. The van der Waals surface area contributed by atoms with E-state index in [1.165, 1.54) is 0 Å². The molecule has 1 aromatic rings. The first-order chi connectivity index (χ1) is 8.63. The van der Waals surface area contributed by atoms with Crippen LogP contribution in [0, 0.1) is 5.92 Å². The van der Waals surface area contributed by atoms with Crippen molar-refractivity contribution >= 4 is 11.9 Å². The molecule has 1 atom stereocenters. The summed E-state index contributed by atoms with van der Waals surface area (Å²) < 4.78 is 0. The van der Waals surface area contributed by atoms with E-state index < -0.39 is 11.9 Å². The van der Waals surface area contributed by atoms with Crippen molar-refractivity contribution in [2.24, 2.45) is 5.92 Å². The minimum absolute atomic E-state index is 0.119. The van der Waals surface area contributed by atoms with Gasteiger partial charge in [0.2, 0.25) is 5.91 Å². The molecule has 98 valence electrons. The van der Waals surface area contributed by atoms with Gasteiger partial charge in [0, 0.05) is 25.4 Å². The highest BCUT2D eigenvalue weighted by Crippen LogP contribution is 2.03. The maximum Gasteiger partial charge on any atom is 0.308 e. The normalized spacial score (nSPS) is 11.8. The number of pyridine rings is 1. The number of hydrogen-bond acceptors (Lipinski definition) is 3. The SMILES string of the molecule is CCC(CNC(=O)CCc1ccncc1)C(=O)O. The van der Waals surface area contributed by atoms with Crippen LogP contribution in [0.5, 0.6) is 0 Å². The molecular formula is C13H18N2O3. The summed E-state index contributed by atoms with van der Waals surface area (Å²) >= 11 is 0. The molecule has 0 saturated heterocycles. The first kappa shape index (κ1) is 14.2. The van der Waals surface area contributed by atoms with Gasteiger partial charge >= 0.3 is 5.97 Å². The summed E-state index contributed by atoms with van der Waals surface area (Å²) in [6.45, 7) is 1.99. The molecule has 1 amide bonds. The summed E-state index contributed by atoms with van der Waals surface area (Å²) in [6, 6.07) is 3.72. The zero-order valence-electron chi connectivity index (χ0n) is 10.4. The molecule has 0 aliphatic carbocycles. The summed E-state index contributed by atoms with van der Waals surface area (Å²) in [6.07, 6.45) is 4.88. The van der Waals surface area contributed by atoms with E-state index in [-0.39, 0.29) is 12.5 Å². The average Bonchev–Trinajstić information content (AvgIpc) is 2.38. The minimum Gasteiger partial charge on any atom is -0.481 e. The van der Waals surface area contributed by atoms with Crippen LogP contribution < -0.4 is 5.32 Å². The van der Waals surface area contributed by atoms with Gasteiger partial charge in [0.05, 0.1) is 5.92 Å². The number of aliphatic carboxylic acids is 1. The molecule has 1 aromatic heterocycles. The molecule has 0 aliphatic rings. The zero-order valence-corrected chi connectivity index (χ0v) is 10.4. The first-order valence-electron chi connectivity index (χ1n) is 6.02. The van der Waals surface area contributed by atoms with Gasteiger partial charge in [-0.1, -0.05) is 6.92 Å². The Labute approximate surface area is 106 Å². The van der Waals surface area contributed by atoms with Crippen LogP contribution in [0.3, 0.4) is 0 Å². The molecule has 0 aromatic carbocycles. The zero-order chi connectivity index (χ0) is 13.4. The van der Waals surface area contributed by atoms with Crippen molar-refractivity contribution in [3.63, 3.8) is 0 Å². The van der Waals surface area contributed by atoms with Gasteiger partial charge in [0.25, 0.3) is 0 Å². The molecule has 5 heteroatoms. The fourth-order valence-corrected chi connectivity index (χ4v) is 1.54. The Balaban J connectivity index is 2.28. The number of aryl methyl sites for hydroxylation is 1. The standard InChI is InChI=1S/C13H18N2O3/c1-2-11(13(17)18)9-15-12(16)4-3-10-5-7-14-8-6-10/h5-8,11H,2-4,9H2,1H3,(H,15,16)(H,17,18). The Morgan fingerprint density at radius 1 is 1.39 bits per heavy atom. The smallest absolute Gasteiger partial charge is 0.308 e. The second-order valence-electron chi connectivity index (χ2n) is 4.10. The average molecular weight is 250 g/mol. The molecule has 0 spiro atoms. The van der Waals surface area contributed by atoms with Crippen molar-refractivity contribution in [2.45, 2.75) is 26.2 Å². The molecule has 1 heterocycles. The van der Waals surface area contributed by atoms with Crippen LogP contribution in [0.1, 0.15) is 25.3 Å². The van der Waals surface area contributed by atoms with Crippen LogP contribution in [0.2, 0.25) is 0 Å². The van der Waals surface area contributed by atoms with E-state index in [0.717, 1.165) is 5.56 Å². The van der Waals surface area contributed by atoms with E-state index in [1.807, 2.05) is 12.1 Å². The number of rotatable bonds is 7. The number of amides is 1. The van der Waals surface area contributed by atoms with Crippen molar-refractivity contribution in [2.75, 3.05) is 6.54 Å². The van der Waals surface area contributed by atoms with E-state index in [9.17, 15) is 9.59 Å². The summed E-state index contributed by atoms with van der Waals surface area (Å²) in [5.74, 6) is -1.49. The summed E-state index contributed by atoms with van der Waals surface area (Å²) in [4.78, 5) is 26.2. The predicted molar refractivity (Wildman–Crippen MR) is 67.0 cm³/mol. The van der Waals surface area contributed by atoms with Crippen molar-refractivity contribution in [1.29, 1.82) is 0 Å². The van der Waals surface area contributed by atoms with E-state index in [0.29, 0.717) is 19.3 Å². The number of carboxylic acids is 1. The number of carbonyl (C=O) groups excluding carboxylic acids is 1. The maximum absolute atomic E-state index is 11.5. The fraction of sp³-hybridized carbons (Fsp3) is 0.462. The third-order valence-electron chi connectivity index (χ3n) is 2.78. The van der Waals surface area contributed by atoms with Gasteiger partial charge in [-0.15, -0.1) is 0 Å². The van der Waals surface area contributed by atoms with E-state index in [4.69, 9.17) is 5.11 Å². The van der Waals surface area contributed by atoms with Gasteiger partial charge in [-0.05, 0) is 30.5 Å². The van der Waals surface area contributed by atoms with Crippen molar-refractivity contribution in [3.05, 3.63) is 30.1 Å². The van der Waals surface area contributed by atoms with Gasteiger partial charge in [-0.2, -0.15) is 0 Å². The van der Waals surface area contributed by atoms with Crippen LogP contribution in [-0.4, -0.2) is 28.5 Å². The third-order valence-corrected chi connectivity index (χ3v) is 2.78. The lowest BCUT2D eigenvalue weighted by atomic mass is 10.1. The molecule has 18 heavy (non-hydrogen) atoms. The van der Waals surface area contributed by atoms with Crippen molar-refractivity contribution in [3.8, 4) is 0 Å². The van der Waals surface area contributed by atoms with Crippen LogP contribution in [0.25, 0.3) is 0 Å². The number of nitrogens with one attached hydrogen (secondary N) is 1. The largest absolute Gasteiger partial charge is 0.481 e. The van der Waals surface area contributed by atoms with E-state index in [2.05, 4.69) is 10.3 Å². The molecule has 0 aliphatic heterocycles. The Hall–Kier alpha value is -1.91. The number of carbonyl (C=O) groups is 2. The lowest BCUT2D eigenvalue weighted by Gasteiger charge is -2.10. The number of carboxylic acid groups (broad SMARTS) is 1. The predicted octanol–water partition coefficient (Wildman–Crippen LogP) is 1.24. The van der Waals surface area contributed by atoms with Crippen LogP contribution >= 0.6 is 0 Å². The Morgan fingerprint density at radius 2 is 2.06 bits per heavy atom. The lowest BCUT2D eigenvalue weighted by molar-refractivity contribution is -0.141. The van der Waals surface area contributed by atoms with Crippen LogP contribution in [-0.2, 0) is 16.0 Å². The molecular weight excluding hydrogens is 232 g/mol. The molecule has 0 radical (unpaired) electrons. The molecule has 1 unspecified atom stereocenters. The highest BCUT2D eigenvalue weighted by Gasteiger charge is 2.15. The summed E-state index contributed by atoms with van der Waals surface area (Å²) in [5, 5.41) is 11.5. The Bertz CT molecular complexity index is 392. The van der Waals surface area contributed by atoms with Gasteiger partial charge in [-0.3, -0.25) is 14.6 Å². The van der Waals surface area contributed by atoms with Gasteiger partial charge < -0.3 is 10.4 Å². The maximum atomic E-state index is 11.5. The highest BCUT2D eigenvalue weighted by atomic mass is 16.4. The van der Waals surface area contributed by atoms with E-state index >= 15 is 0 Å². The Morgan fingerprint density at radius 3 is 2.61 bits per heavy atom. The molecule has 1 rings (SSSR count). The minimum atomic E-state index is -0.869. The lowest BCUT2D eigenvalue weighted by Crippen LogP contribution is -2.32. The molecule has 0 saturated carbocycles. The van der Waals surface area contributed by atoms with Gasteiger partial charge in [-0.25, -0.2) is 0 Å². The van der Waals surface area contributed by atoms with Crippen molar-refractivity contribution in [1.82, 2.24) is 10.3 Å². The summed E-state index contributed by atoms with van der Waals surface area (Å²) in [7, 11) is 0. The molecule has 2 N–H and O–H groups in total. The topological polar surface area (TPSA) is 79.3 Å². The monoisotopic (exact) mass is 250 g/mol. The highest BCUT2D eigenvalue weighted by molar-refractivity contribution is 5.77. The second-order valence-corrected chi connectivity index (χ2v) is 4.10. The van der Waals surface area contributed by atoms with Gasteiger partial charge in [0.1, 0.15) is 0 Å². The number of hydrogen-bond donors (Lipinski definition) is 2. The Kier molecular flexibility index (Phi) is 5.84. The van der Waals surface area contributed by atoms with E-state index in [1.54, 1.807) is 19.3 Å². The number of nitrogens with zero attached hydrogens (tertiary/aromatic N) is 1. The third kappa shape index (κ3) is 4.95. The first-order valence-corrected chi connectivity index (χ1v) is 6.02. The summed E-state index contributed by atoms with van der Waals surface area (Å²) in [5.41, 5.74) is 1.05. The molecule has 5 nitrogen and oxygen atoms in total. The molecule has 0 bridgehead atoms. The van der Waals surface area contributed by atoms with Gasteiger partial charge in [0.15, 0.2) is 0 Å². The second kappa shape index (κ2) is 7.42. The van der Waals surface area contributed by atoms with Crippen molar-refractivity contribution < 1.29 is 14.7 Å². The van der Waals surface area contributed by atoms with Crippen LogP contribution in [0.15, 0.2) is 24.5 Å².